The van der Waals surface area contributed by atoms with Crippen molar-refractivity contribution in [1.82, 2.24) is 16.0 Å². The Morgan fingerprint density at radius 1 is 1.04 bits per heavy atom. The number of carbonyl (C=O) groups excluding carboxylic acids is 1. The summed E-state index contributed by atoms with van der Waals surface area (Å²) >= 11 is 0. The Morgan fingerprint density at radius 3 is 2.30 bits per heavy atom. The van der Waals surface area contributed by atoms with Gasteiger partial charge in [0.15, 0.2) is 0 Å². The standard InChI is InChI=1S/C18H39N3O2/c1-7-18(5,10-14-19-6)23-15-11-17(3,4)16(22)21-13-9-12-20-8-2/h19-20H,7-15H2,1-6H3,(H,21,22). The maximum Gasteiger partial charge on any atom is 0.225 e. The molecule has 1 unspecified atom stereocenters. The summed E-state index contributed by atoms with van der Waals surface area (Å²) < 4.78 is 6.09. The molecule has 0 radical (unpaired) electrons. The molecule has 0 aromatic carbocycles. The van der Waals surface area contributed by atoms with Gasteiger partial charge in [-0.2, -0.15) is 0 Å². The topological polar surface area (TPSA) is 62.4 Å². The van der Waals surface area contributed by atoms with Crippen molar-refractivity contribution in [2.24, 2.45) is 5.41 Å². The van der Waals surface area contributed by atoms with Crippen LogP contribution in [0.15, 0.2) is 0 Å². The molecule has 0 saturated heterocycles. The lowest BCUT2D eigenvalue weighted by Gasteiger charge is -2.31. The molecule has 0 spiro atoms. The highest BCUT2D eigenvalue weighted by molar-refractivity contribution is 5.81. The van der Waals surface area contributed by atoms with Gasteiger partial charge < -0.3 is 20.7 Å². The van der Waals surface area contributed by atoms with E-state index in [1.165, 1.54) is 0 Å². The summed E-state index contributed by atoms with van der Waals surface area (Å²) in [7, 11) is 1.96. The molecule has 0 aromatic rings. The molecule has 0 aliphatic heterocycles. The molecule has 0 rings (SSSR count). The van der Waals surface area contributed by atoms with Gasteiger partial charge >= 0.3 is 0 Å². The van der Waals surface area contributed by atoms with Gasteiger partial charge in [-0.25, -0.2) is 0 Å². The monoisotopic (exact) mass is 329 g/mol. The maximum absolute atomic E-state index is 12.3. The highest BCUT2D eigenvalue weighted by atomic mass is 16.5. The Hall–Kier alpha value is -0.650. The number of nitrogens with one attached hydrogen (secondary N) is 3. The summed E-state index contributed by atoms with van der Waals surface area (Å²) in [5.41, 5.74) is -0.503. The third-order valence-electron chi connectivity index (χ3n) is 4.51. The minimum Gasteiger partial charge on any atom is -0.375 e. The first kappa shape index (κ1) is 22.4. The summed E-state index contributed by atoms with van der Waals surface area (Å²) in [5.74, 6) is 0.117. The van der Waals surface area contributed by atoms with Crippen LogP contribution in [0, 0.1) is 5.41 Å². The summed E-state index contributed by atoms with van der Waals surface area (Å²) in [5, 5.41) is 9.46. The van der Waals surface area contributed by atoms with E-state index in [-0.39, 0.29) is 11.5 Å². The first-order valence-electron chi connectivity index (χ1n) is 9.09. The molecule has 0 aliphatic rings. The summed E-state index contributed by atoms with van der Waals surface area (Å²) in [6, 6.07) is 0. The number of carbonyl (C=O) groups is 1. The zero-order chi connectivity index (χ0) is 17.8. The minimum absolute atomic E-state index is 0.110. The van der Waals surface area contributed by atoms with Crippen LogP contribution in [0.1, 0.15) is 60.3 Å². The molecule has 0 aromatic heterocycles. The lowest BCUT2D eigenvalue weighted by molar-refractivity contribution is -0.131. The van der Waals surface area contributed by atoms with Gasteiger partial charge in [0.05, 0.1) is 5.60 Å². The maximum atomic E-state index is 12.3. The van der Waals surface area contributed by atoms with Crippen LogP contribution in [0.4, 0.5) is 0 Å². The molecule has 1 amide bonds. The lowest BCUT2D eigenvalue weighted by Crippen LogP contribution is -2.40. The van der Waals surface area contributed by atoms with Gasteiger partial charge in [0.25, 0.3) is 0 Å². The summed E-state index contributed by atoms with van der Waals surface area (Å²) in [6.07, 6.45) is 3.66. The average Bonchev–Trinajstić information content (AvgIpc) is 2.52. The lowest BCUT2D eigenvalue weighted by atomic mass is 9.88. The van der Waals surface area contributed by atoms with Crippen LogP contribution in [0.5, 0.6) is 0 Å². The molecule has 23 heavy (non-hydrogen) atoms. The second-order valence-electron chi connectivity index (χ2n) is 7.10. The number of ether oxygens (including phenoxy) is 1. The quantitative estimate of drug-likeness (QED) is 0.428. The van der Waals surface area contributed by atoms with E-state index < -0.39 is 5.41 Å². The van der Waals surface area contributed by atoms with E-state index in [1.54, 1.807) is 0 Å². The van der Waals surface area contributed by atoms with Crippen LogP contribution in [0.2, 0.25) is 0 Å². The summed E-state index contributed by atoms with van der Waals surface area (Å²) in [4.78, 5) is 12.3. The van der Waals surface area contributed by atoms with Crippen molar-refractivity contribution in [1.29, 1.82) is 0 Å². The third-order valence-corrected chi connectivity index (χ3v) is 4.51. The Morgan fingerprint density at radius 2 is 1.74 bits per heavy atom. The molecule has 0 bridgehead atoms. The van der Waals surface area contributed by atoms with E-state index >= 15 is 0 Å². The molecule has 138 valence electrons. The fourth-order valence-electron chi connectivity index (χ4n) is 2.24. The molecule has 0 heterocycles. The largest absolute Gasteiger partial charge is 0.375 e. The Labute approximate surface area is 143 Å². The van der Waals surface area contributed by atoms with Gasteiger partial charge in [-0.3, -0.25) is 4.79 Å². The predicted molar refractivity (Wildman–Crippen MR) is 97.8 cm³/mol. The van der Waals surface area contributed by atoms with Crippen molar-refractivity contribution in [2.45, 2.75) is 65.9 Å². The van der Waals surface area contributed by atoms with Crippen molar-refractivity contribution in [3.63, 3.8) is 0 Å². The van der Waals surface area contributed by atoms with Crippen molar-refractivity contribution in [3.8, 4) is 0 Å². The normalized spacial score (nSPS) is 14.5. The molecular formula is C18H39N3O2. The van der Waals surface area contributed by atoms with Gasteiger partial charge in [-0.1, -0.05) is 27.7 Å². The molecule has 3 N–H and O–H groups in total. The van der Waals surface area contributed by atoms with Gasteiger partial charge in [0.2, 0.25) is 5.91 Å². The van der Waals surface area contributed by atoms with Crippen LogP contribution in [-0.2, 0) is 9.53 Å². The van der Waals surface area contributed by atoms with Crippen molar-refractivity contribution < 1.29 is 9.53 Å². The second-order valence-corrected chi connectivity index (χ2v) is 7.10. The number of hydrogen-bond acceptors (Lipinski definition) is 4. The first-order chi connectivity index (χ1) is 10.8. The molecule has 1 atom stereocenters. The van der Waals surface area contributed by atoms with Crippen LogP contribution in [0.25, 0.3) is 0 Å². The zero-order valence-electron chi connectivity index (χ0n) is 16.2. The van der Waals surface area contributed by atoms with E-state index in [1.807, 2.05) is 20.9 Å². The van der Waals surface area contributed by atoms with Crippen molar-refractivity contribution in [3.05, 3.63) is 0 Å². The van der Waals surface area contributed by atoms with Gasteiger partial charge in [0, 0.05) is 18.6 Å². The van der Waals surface area contributed by atoms with Gasteiger partial charge in [-0.15, -0.1) is 0 Å². The van der Waals surface area contributed by atoms with Crippen molar-refractivity contribution in [2.75, 3.05) is 39.8 Å². The van der Waals surface area contributed by atoms with E-state index in [4.69, 9.17) is 4.74 Å². The molecule has 0 aliphatic carbocycles. The minimum atomic E-state index is -0.393. The SMILES string of the molecule is CCNCCCNC(=O)C(C)(C)CCOC(C)(CC)CCNC. The van der Waals surface area contributed by atoms with E-state index in [0.29, 0.717) is 6.61 Å². The van der Waals surface area contributed by atoms with Crippen molar-refractivity contribution >= 4 is 5.91 Å². The summed E-state index contributed by atoms with van der Waals surface area (Å²) in [6.45, 7) is 14.6. The molecular weight excluding hydrogens is 290 g/mol. The third kappa shape index (κ3) is 9.95. The van der Waals surface area contributed by atoms with Gasteiger partial charge in [0.1, 0.15) is 0 Å². The number of rotatable bonds is 14. The zero-order valence-corrected chi connectivity index (χ0v) is 16.2. The molecule has 5 nitrogen and oxygen atoms in total. The Balaban J connectivity index is 4.11. The smallest absolute Gasteiger partial charge is 0.225 e. The molecule has 5 heteroatoms. The van der Waals surface area contributed by atoms with Crippen LogP contribution in [0.3, 0.4) is 0 Å². The van der Waals surface area contributed by atoms with E-state index in [2.05, 4.69) is 36.7 Å². The highest BCUT2D eigenvalue weighted by Gasteiger charge is 2.29. The van der Waals surface area contributed by atoms with E-state index in [0.717, 1.165) is 51.9 Å². The van der Waals surface area contributed by atoms with Crippen LogP contribution in [-0.4, -0.2) is 51.3 Å². The fraction of sp³-hybridized carbons (Fsp3) is 0.944. The number of hydrogen-bond donors (Lipinski definition) is 3. The van der Waals surface area contributed by atoms with Gasteiger partial charge in [-0.05, 0) is 59.3 Å². The van der Waals surface area contributed by atoms with Crippen LogP contribution < -0.4 is 16.0 Å². The highest BCUT2D eigenvalue weighted by Crippen LogP contribution is 2.24. The first-order valence-corrected chi connectivity index (χ1v) is 9.09. The molecule has 0 saturated carbocycles. The average molecular weight is 330 g/mol. The second kappa shape index (κ2) is 11.8. The number of amides is 1. The predicted octanol–water partition coefficient (Wildman–Crippen LogP) is 2.31. The fourth-order valence-corrected chi connectivity index (χ4v) is 2.24. The van der Waals surface area contributed by atoms with E-state index in [9.17, 15) is 4.79 Å². The Kier molecular flexibility index (Phi) is 11.5. The van der Waals surface area contributed by atoms with Crippen LogP contribution >= 0.6 is 0 Å². The Bertz CT molecular complexity index is 321. The molecule has 0 fully saturated rings.